The molecule has 0 aliphatic heterocycles. The highest BCUT2D eigenvalue weighted by atomic mass is 32.2. The molecule has 1 aromatic heterocycles. The maximum Gasteiger partial charge on any atom is 0.401 e. The van der Waals surface area contributed by atoms with Crippen molar-refractivity contribution in [1.29, 1.82) is 0 Å². The lowest BCUT2D eigenvalue weighted by Crippen LogP contribution is -2.40. The molecule has 2 rings (SSSR count). The summed E-state index contributed by atoms with van der Waals surface area (Å²) < 4.78 is 67.7. The zero-order valence-corrected chi connectivity index (χ0v) is 18.0. The minimum atomic E-state index is -4.42. The Morgan fingerprint density at radius 1 is 1.10 bits per heavy atom. The molecule has 0 radical (unpaired) electrons. The Morgan fingerprint density at radius 2 is 1.72 bits per heavy atom. The molecule has 2 aromatic rings. The number of nitrogens with zero attached hydrogens (tertiary/aromatic N) is 4. The molecule has 0 bridgehead atoms. The Labute approximate surface area is 168 Å². The summed E-state index contributed by atoms with van der Waals surface area (Å²) in [5.74, 6) is -0.0442. The number of sulfonamides is 1. The second-order valence-corrected chi connectivity index (χ2v) is 9.71. The molecule has 0 N–H and O–H groups in total. The Hall–Kier alpha value is -1.85. The van der Waals surface area contributed by atoms with Crippen molar-refractivity contribution < 1.29 is 21.6 Å². The van der Waals surface area contributed by atoms with Crippen LogP contribution in [0.15, 0.2) is 27.9 Å². The highest BCUT2D eigenvalue weighted by Gasteiger charge is 2.31. The second-order valence-electron chi connectivity index (χ2n) is 7.55. The van der Waals surface area contributed by atoms with E-state index in [1.807, 2.05) is 0 Å². The van der Waals surface area contributed by atoms with E-state index in [-0.39, 0.29) is 29.5 Å². The van der Waals surface area contributed by atoms with Gasteiger partial charge >= 0.3 is 11.9 Å². The van der Waals surface area contributed by atoms with E-state index in [0.717, 1.165) is 9.21 Å². The lowest BCUT2D eigenvalue weighted by Gasteiger charge is -2.25. The van der Waals surface area contributed by atoms with Gasteiger partial charge in [0.25, 0.3) is 0 Å². The molecule has 0 atom stereocenters. The zero-order valence-electron chi connectivity index (χ0n) is 17.2. The third-order valence-corrected chi connectivity index (χ3v) is 6.26. The Morgan fingerprint density at radius 3 is 2.21 bits per heavy atom. The SMILES string of the molecule is CCn1c(=O)n(CN(CC(C)C)CC(F)(F)F)c2cc(S(=O)(=O)N(C)C)ccc21. The molecule has 29 heavy (non-hydrogen) atoms. The third-order valence-electron chi connectivity index (χ3n) is 4.45. The van der Waals surface area contributed by atoms with Crippen molar-refractivity contribution in [1.82, 2.24) is 18.3 Å². The normalized spacial score (nSPS) is 13.3. The average molecular weight is 437 g/mol. The first-order chi connectivity index (χ1) is 13.3. The molecule has 0 spiro atoms. The molecule has 0 saturated carbocycles. The summed E-state index contributed by atoms with van der Waals surface area (Å²) in [4.78, 5) is 14.0. The van der Waals surface area contributed by atoms with E-state index in [2.05, 4.69) is 0 Å². The summed E-state index contributed by atoms with van der Waals surface area (Å²) >= 11 is 0. The van der Waals surface area contributed by atoms with E-state index >= 15 is 0 Å². The number of rotatable bonds is 8. The van der Waals surface area contributed by atoms with Gasteiger partial charge in [-0.15, -0.1) is 0 Å². The van der Waals surface area contributed by atoms with Crippen LogP contribution < -0.4 is 5.69 Å². The lowest BCUT2D eigenvalue weighted by molar-refractivity contribution is -0.150. The van der Waals surface area contributed by atoms with Gasteiger partial charge in [0.15, 0.2) is 0 Å². The van der Waals surface area contributed by atoms with Crippen LogP contribution >= 0.6 is 0 Å². The number of alkyl halides is 3. The van der Waals surface area contributed by atoms with E-state index in [0.29, 0.717) is 12.1 Å². The van der Waals surface area contributed by atoms with Crippen molar-refractivity contribution in [2.24, 2.45) is 5.92 Å². The third kappa shape index (κ3) is 5.20. The first-order valence-corrected chi connectivity index (χ1v) is 10.7. The fourth-order valence-corrected chi connectivity index (χ4v) is 4.18. The van der Waals surface area contributed by atoms with Crippen LogP contribution in [0, 0.1) is 5.92 Å². The van der Waals surface area contributed by atoms with E-state index in [1.54, 1.807) is 20.8 Å². The number of aromatic nitrogens is 2. The number of halogens is 3. The standard InChI is InChI=1S/C18H27F3N4O3S/c1-6-24-15-8-7-14(29(27,28)22(4)5)9-16(15)25(17(24)26)12-23(10-13(2)3)11-18(19,20)21/h7-9,13H,6,10-12H2,1-5H3. The fourth-order valence-electron chi connectivity index (χ4n) is 3.26. The molecule has 1 heterocycles. The van der Waals surface area contributed by atoms with Gasteiger partial charge in [-0.25, -0.2) is 17.5 Å². The maximum absolute atomic E-state index is 13.0. The highest BCUT2D eigenvalue weighted by molar-refractivity contribution is 7.89. The van der Waals surface area contributed by atoms with Gasteiger partial charge in [0.05, 0.1) is 29.1 Å². The van der Waals surface area contributed by atoms with Crippen LogP contribution in [0.4, 0.5) is 13.2 Å². The van der Waals surface area contributed by atoms with Gasteiger partial charge in [-0.2, -0.15) is 13.2 Å². The first kappa shape index (κ1) is 23.4. The van der Waals surface area contributed by atoms with Crippen LogP contribution in [0.3, 0.4) is 0 Å². The van der Waals surface area contributed by atoms with Crippen LogP contribution in [0.25, 0.3) is 11.0 Å². The smallest absolute Gasteiger partial charge is 0.292 e. The molecule has 0 amide bonds. The Balaban J connectivity index is 2.64. The van der Waals surface area contributed by atoms with E-state index in [4.69, 9.17) is 0 Å². The van der Waals surface area contributed by atoms with Crippen molar-refractivity contribution in [3.63, 3.8) is 0 Å². The summed E-state index contributed by atoms with van der Waals surface area (Å²) in [6.45, 7) is 4.34. The van der Waals surface area contributed by atoms with Gasteiger partial charge in [0, 0.05) is 27.2 Å². The fraction of sp³-hybridized carbons (Fsp3) is 0.611. The lowest BCUT2D eigenvalue weighted by atomic mass is 10.2. The van der Waals surface area contributed by atoms with Crippen LogP contribution in [0.2, 0.25) is 0 Å². The number of aryl methyl sites for hydroxylation is 1. The number of fused-ring (bicyclic) bond motifs is 1. The molecule has 0 aliphatic rings. The summed E-state index contributed by atoms with van der Waals surface area (Å²) in [6.07, 6.45) is -4.42. The van der Waals surface area contributed by atoms with Gasteiger partial charge in [-0.3, -0.25) is 14.0 Å². The molecule has 0 aliphatic carbocycles. The molecular formula is C18H27F3N4O3S. The second kappa shape index (κ2) is 8.49. The average Bonchev–Trinajstić information content (AvgIpc) is 2.83. The number of imidazole rings is 1. The summed E-state index contributed by atoms with van der Waals surface area (Å²) in [6, 6.07) is 4.26. The minimum Gasteiger partial charge on any atom is -0.292 e. The van der Waals surface area contributed by atoms with Gasteiger partial charge in [-0.05, 0) is 31.0 Å². The molecule has 164 valence electrons. The topological polar surface area (TPSA) is 67.5 Å². The van der Waals surface area contributed by atoms with Crippen molar-refractivity contribution in [2.45, 2.75) is 45.1 Å². The summed E-state index contributed by atoms with van der Waals surface area (Å²) in [5.41, 5.74) is 0.292. The molecule has 11 heteroatoms. The van der Waals surface area contributed by atoms with Gasteiger partial charge in [-0.1, -0.05) is 13.8 Å². The van der Waals surface area contributed by atoms with Crippen molar-refractivity contribution in [3.05, 3.63) is 28.7 Å². The van der Waals surface area contributed by atoms with Crippen molar-refractivity contribution in [2.75, 3.05) is 27.2 Å². The van der Waals surface area contributed by atoms with E-state index in [9.17, 15) is 26.4 Å². The van der Waals surface area contributed by atoms with Crippen LogP contribution in [0.5, 0.6) is 0 Å². The molecule has 1 aromatic carbocycles. The minimum absolute atomic E-state index is 0.0248. The van der Waals surface area contributed by atoms with Gasteiger partial charge in [0.2, 0.25) is 10.0 Å². The van der Waals surface area contributed by atoms with Gasteiger partial charge < -0.3 is 0 Å². The summed E-state index contributed by atoms with van der Waals surface area (Å²) in [5, 5.41) is 0. The Kier molecular flexibility index (Phi) is 6.86. The molecule has 0 saturated heterocycles. The van der Waals surface area contributed by atoms with E-state index < -0.39 is 28.4 Å². The van der Waals surface area contributed by atoms with Crippen LogP contribution in [-0.2, 0) is 23.2 Å². The quantitative estimate of drug-likeness (QED) is 0.638. The highest BCUT2D eigenvalue weighted by Crippen LogP contribution is 2.23. The largest absolute Gasteiger partial charge is 0.401 e. The van der Waals surface area contributed by atoms with Crippen molar-refractivity contribution in [3.8, 4) is 0 Å². The predicted molar refractivity (Wildman–Crippen MR) is 105 cm³/mol. The molecule has 7 nitrogen and oxygen atoms in total. The monoisotopic (exact) mass is 436 g/mol. The predicted octanol–water partition coefficient (Wildman–Crippen LogP) is 2.55. The molecule has 0 unspecified atom stereocenters. The molecule has 0 fully saturated rings. The number of hydrogen-bond acceptors (Lipinski definition) is 4. The maximum atomic E-state index is 13.0. The Bertz CT molecular complexity index is 1020. The van der Waals surface area contributed by atoms with Crippen LogP contribution in [-0.4, -0.2) is 60.1 Å². The van der Waals surface area contributed by atoms with Crippen LogP contribution in [0.1, 0.15) is 20.8 Å². The number of hydrogen-bond donors (Lipinski definition) is 0. The number of benzene rings is 1. The summed E-state index contributed by atoms with van der Waals surface area (Å²) in [7, 11) is -0.984. The first-order valence-electron chi connectivity index (χ1n) is 9.22. The van der Waals surface area contributed by atoms with Crippen molar-refractivity contribution >= 4 is 21.1 Å². The zero-order chi connectivity index (χ0) is 22.1. The van der Waals surface area contributed by atoms with E-state index in [1.165, 1.54) is 41.4 Å². The van der Waals surface area contributed by atoms with Gasteiger partial charge in [0.1, 0.15) is 0 Å². The molecular weight excluding hydrogens is 409 g/mol.